The van der Waals surface area contributed by atoms with E-state index in [0.717, 1.165) is 0 Å². The molecule has 1 aliphatic carbocycles. The Hall–Kier alpha value is -3.94. The highest BCUT2D eigenvalue weighted by Gasteiger charge is 2.50. The molecule has 3 aliphatic rings. The number of allylic oxidation sites excluding steroid dienone is 2. The van der Waals surface area contributed by atoms with Gasteiger partial charge in [0, 0.05) is 13.0 Å². The van der Waals surface area contributed by atoms with Crippen LogP contribution in [0.4, 0.5) is 11.4 Å². The largest absolute Gasteiger partial charge is 0.495 e. The Morgan fingerprint density at radius 3 is 2.53 bits per heavy atom. The van der Waals surface area contributed by atoms with Crippen LogP contribution in [0.5, 0.6) is 11.5 Å². The Morgan fingerprint density at radius 2 is 1.81 bits per heavy atom. The highest BCUT2D eigenvalue weighted by atomic mass is 16.5. The first kappa shape index (κ1) is 23.8. The van der Waals surface area contributed by atoms with Crippen molar-refractivity contribution in [3.8, 4) is 11.5 Å². The maximum absolute atomic E-state index is 13.1. The van der Waals surface area contributed by atoms with Gasteiger partial charge in [0.2, 0.25) is 17.7 Å². The van der Waals surface area contributed by atoms with E-state index in [2.05, 4.69) is 0 Å². The van der Waals surface area contributed by atoms with Gasteiger partial charge in [0.1, 0.15) is 11.5 Å². The molecule has 3 amide bonds. The van der Waals surface area contributed by atoms with E-state index in [0.29, 0.717) is 34.9 Å². The van der Waals surface area contributed by atoms with Crippen molar-refractivity contribution in [1.82, 2.24) is 0 Å². The maximum atomic E-state index is 13.1. The third-order valence-electron chi connectivity index (χ3n) is 7.33. The summed E-state index contributed by atoms with van der Waals surface area (Å²) in [5.74, 6) is -1.48. The minimum absolute atomic E-state index is 0.00951. The number of carbonyl (C=O) groups excluding carboxylic acids is 4. The molecule has 8 nitrogen and oxygen atoms in total. The number of esters is 1. The number of carbonyl (C=O) groups is 4. The van der Waals surface area contributed by atoms with E-state index in [9.17, 15) is 19.2 Å². The second-order valence-electron chi connectivity index (χ2n) is 9.61. The van der Waals surface area contributed by atoms with Gasteiger partial charge in [0.05, 0.1) is 36.2 Å². The molecule has 0 spiro atoms. The molecule has 36 heavy (non-hydrogen) atoms. The van der Waals surface area contributed by atoms with E-state index in [1.807, 2.05) is 31.2 Å². The first-order valence-corrected chi connectivity index (χ1v) is 12.1. The van der Waals surface area contributed by atoms with Crippen LogP contribution in [-0.2, 0) is 19.2 Å². The molecule has 0 radical (unpaired) electrons. The molecule has 0 aromatic heterocycles. The maximum Gasteiger partial charge on any atom is 0.316 e. The van der Waals surface area contributed by atoms with E-state index >= 15 is 0 Å². The predicted molar refractivity (Wildman–Crippen MR) is 133 cm³/mol. The average molecular weight is 489 g/mol. The number of hydrogen-bond acceptors (Lipinski definition) is 6. The standard InChI is InChI=1S/C28H28N2O6/c1-16-7-6-8-20-25(16)27(33)30(26(20)32)21-12-11-19(13-17(21)2)36-28(34)18-14-24(31)29(15-18)22-9-4-5-10-23(22)35-3/h4-7,9-13,16,18,20,25H,8,14-15H2,1-3H3/t16-,18-,20-,25-/m1/s1. The number of para-hydroxylation sites is 2. The van der Waals surface area contributed by atoms with Gasteiger partial charge in [0.15, 0.2) is 0 Å². The highest BCUT2D eigenvalue weighted by Crippen LogP contribution is 2.42. The number of rotatable bonds is 5. The summed E-state index contributed by atoms with van der Waals surface area (Å²) >= 11 is 0. The molecule has 2 fully saturated rings. The second kappa shape index (κ2) is 9.26. The van der Waals surface area contributed by atoms with Gasteiger partial charge in [0.25, 0.3) is 0 Å². The number of aryl methyl sites for hydroxylation is 1. The quantitative estimate of drug-likeness (QED) is 0.276. The minimum atomic E-state index is -0.624. The molecule has 2 aromatic carbocycles. The van der Waals surface area contributed by atoms with Crippen LogP contribution in [0.1, 0.15) is 25.3 Å². The smallest absolute Gasteiger partial charge is 0.316 e. The number of amides is 3. The molecule has 0 N–H and O–H groups in total. The Bertz CT molecular complexity index is 1280. The highest BCUT2D eigenvalue weighted by molar-refractivity contribution is 6.22. The van der Waals surface area contributed by atoms with Gasteiger partial charge in [-0.1, -0.05) is 31.2 Å². The first-order chi connectivity index (χ1) is 17.3. The lowest BCUT2D eigenvalue weighted by atomic mass is 9.78. The first-order valence-electron chi connectivity index (χ1n) is 12.1. The number of ether oxygens (including phenoxy) is 2. The summed E-state index contributed by atoms with van der Waals surface area (Å²) in [6.45, 7) is 3.93. The number of imide groups is 1. The number of fused-ring (bicyclic) bond motifs is 1. The Morgan fingerprint density at radius 1 is 1.03 bits per heavy atom. The van der Waals surface area contributed by atoms with Crippen LogP contribution in [0.3, 0.4) is 0 Å². The number of hydrogen-bond donors (Lipinski definition) is 0. The number of methoxy groups -OCH3 is 1. The van der Waals surface area contributed by atoms with Crippen molar-refractivity contribution in [2.24, 2.45) is 23.7 Å². The molecule has 0 saturated carbocycles. The van der Waals surface area contributed by atoms with E-state index < -0.39 is 11.9 Å². The van der Waals surface area contributed by atoms with Crippen LogP contribution in [0, 0.1) is 30.6 Å². The predicted octanol–water partition coefficient (Wildman–Crippen LogP) is 3.66. The Kier molecular flexibility index (Phi) is 6.12. The normalized spacial score (nSPS) is 25.4. The fourth-order valence-electron chi connectivity index (χ4n) is 5.48. The fraction of sp³-hybridized carbons (Fsp3) is 0.357. The van der Waals surface area contributed by atoms with Crippen molar-refractivity contribution in [1.29, 1.82) is 0 Å². The van der Waals surface area contributed by atoms with Crippen LogP contribution in [0.2, 0.25) is 0 Å². The molecule has 5 rings (SSSR count). The van der Waals surface area contributed by atoms with Gasteiger partial charge >= 0.3 is 5.97 Å². The van der Waals surface area contributed by atoms with Crippen LogP contribution >= 0.6 is 0 Å². The van der Waals surface area contributed by atoms with E-state index in [4.69, 9.17) is 9.47 Å². The van der Waals surface area contributed by atoms with Crippen molar-refractivity contribution in [3.63, 3.8) is 0 Å². The molecule has 2 heterocycles. The fourth-order valence-corrected chi connectivity index (χ4v) is 5.48. The van der Waals surface area contributed by atoms with Gasteiger partial charge in [-0.05, 0) is 55.2 Å². The summed E-state index contributed by atoms with van der Waals surface area (Å²) in [6.07, 6.45) is 4.57. The summed E-state index contributed by atoms with van der Waals surface area (Å²) in [5, 5.41) is 0. The van der Waals surface area contributed by atoms with Crippen LogP contribution in [-0.4, -0.2) is 37.3 Å². The molecule has 2 aliphatic heterocycles. The lowest BCUT2D eigenvalue weighted by molar-refractivity contribution is -0.139. The van der Waals surface area contributed by atoms with Crippen LogP contribution in [0.25, 0.3) is 0 Å². The summed E-state index contributed by atoms with van der Waals surface area (Å²) in [5.41, 5.74) is 1.77. The van der Waals surface area contributed by atoms with E-state index in [1.54, 1.807) is 42.2 Å². The summed E-state index contributed by atoms with van der Waals surface area (Å²) in [4.78, 5) is 54.5. The van der Waals surface area contributed by atoms with Gasteiger partial charge in [-0.15, -0.1) is 0 Å². The molecule has 0 unspecified atom stereocenters. The van der Waals surface area contributed by atoms with Crippen molar-refractivity contribution < 1.29 is 28.7 Å². The van der Waals surface area contributed by atoms with Crippen LogP contribution < -0.4 is 19.3 Å². The van der Waals surface area contributed by atoms with Gasteiger partial charge in [-0.25, -0.2) is 4.90 Å². The van der Waals surface area contributed by atoms with Crippen molar-refractivity contribution in [2.45, 2.75) is 26.7 Å². The van der Waals surface area contributed by atoms with Crippen LogP contribution in [0.15, 0.2) is 54.6 Å². The summed E-state index contributed by atoms with van der Waals surface area (Å²) in [7, 11) is 1.53. The summed E-state index contributed by atoms with van der Waals surface area (Å²) in [6, 6.07) is 12.0. The van der Waals surface area contributed by atoms with Gasteiger partial charge in [-0.3, -0.25) is 19.2 Å². The third kappa shape index (κ3) is 3.96. The van der Waals surface area contributed by atoms with E-state index in [1.165, 1.54) is 12.0 Å². The van der Waals surface area contributed by atoms with Crippen molar-refractivity contribution in [3.05, 3.63) is 60.2 Å². The average Bonchev–Trinajstić information content (AvgIpc) is 3.37. The lowest BCUT2D eigenvalue weighted by Gasteiger charge is -2.22. The Labute approximate surface area is 209 Å². The zero-order chi connectivity index (χ0) is 25.6. The third-order valence-corrected chi connectivity index (χ3v) is 7.33. The van der Waals surface area contributed by atoms with Gasteiger partial charge < -0.3 is 14.4 Å². The minimum Gasteiger partial charge on any atom is -0.495 e. The molecule has 186 valence electrons. The number of nitrogens with zero attached hydrogens (tertiary/aromatic N) is 2. The number of benzene rings is 2. The monoisotopic (exact) mass is 488 g/mol. The van der Waals surface area contributed by atoms with Crippen molar-refractivity contribution >= 4 is 35.1 Å². The molecular weight excluding hydrogens is 460 g/mol. The molecule has 2 saturated heterocycles. The van der Waals surface area contributed by atoms with E-state index in [-0.39, 0.29) is 48.4 Å². The second-order valence-corrected chi connectivity index (χ2v) is 9.61. The molecular formula is C28H28N2O6. The van der Waals surface area contributed by atoms with Gasteiger partial charge in [-0.2, -0.15) is 0 Å². The topological polar surface area (TPSA) is 93.2 Å². The zero-order valence-corrected chi connectivity index (χ0v) is 20.5. The molecule has 2 aromatic rings. The molecule has 8 heteroatoms. The zero-order valence-electron chi connectivity index (χ0n) is 20.5. The van der Waals surface area contributed by atoms with Crippen molar-refractivity contribution in [2.75, 3.05) is 23.5 Å². The molecule has 4 atom stereocenters. The Balaban J connectivity index is 1.29. The number of anilines is 2. The molecule has 0 bridgehead atoms. The SMILES string of the molecule is COc1ccccc1N1C[C@H](C(=O)Oc2ccc(N3C(=O)[C@@H]4[C@H](C)C=CC[C@H]4C3=O)c(C)c2)CC1=O. The lowest BCUT2D eigenvalue weighted by Crippen LogP contribution is -2.32. The summed E-state index contributed by atoms with van der Waals surface area (Å²) < 4.78 is 11.0.